The molecule has 2 fully saturated rings. The molecule has 0 N–H and O–H groups in total. The van der Waals surface area contributed by atoms with Crippen molar-refractivity contribution in [2.75, 3.05) is 6.67 Å². The van der Waals surface area contributed by atoms with Gasteiger partial charge >= 0.3 is 0 Å². The second-order valence-corrected chi connectivity index (χ2v) is 10.3. The summed E-state index contributed by atoms with van der Waals surface area (Å²) in [5, 5.41) is 0. The topological polar surface area (TPSA) is 9.23 Å². The maximum Gasteiger partial charge on any atom is 0.173 e. The first-order valence-electron chi connectivity index (χ1n) is 13.6. The van der Waals surface area contributed by atoms with Crippen LogP contribution in [0.4, 0.5) is 8.78 Å². The van der Waals surface area contributed by atoms with Crippen molar-refractivity contribution in [3.05, 3.63) is 71.3 Å². The third-order valence-corrected chi connectivity index (χ3v) is 7.90. The largest absolute Gasteiger partial charge is 0.486 e. The summed E-state index contributed by atoms with van der Waals surface area (Å²) >= 11 is 0. The Labute approximate surface area is 206 Å². The summed E-state index contributed by atoms with van der Waals surface area (Å²) in [7, 11) is 0. The van der Waals surface area contributed by atoms with Gasteiger partial charge in [0, 0.05) is 0 Å². The number of hydrogen-bond donors (Lipinski definition) is 0. The first-order valence-corrected chi connectivity index (χ1v) is 13.6. The van der Waals surface area contributed by atoms with Crippen LogP contribution in [-0.4, -0.2) is 6.67 Å². The zero-order chi connectivity index (χ0) is 24.2. The van der Waals surface area contributed by atoms with Crippen molar-refractivity contribution in [3.8, 4) is 0 Å². The Morgan fingerprint density at radius 3 is 2.47 bits per heavy atom. The summed E-state index contributed by atoms with van der Waals surface area (Å²) < 4.78 is 32.5. The average Bonchev–Trinajstić information content (AvgIpc) is 2.87. The molecule has 0 aliphatic heterocycles. The molecule has 34 heavy (non-hydrogen) atoms. The average molecular weight is 471 g/mol. The maximum atomic E-state index is 14.0. The van der Waals surface area contributed by atoms with Gasteiger partial charge in [-0.1, -0.05) is 68.7 Å². The Balaban J connectivity index is 1.49. The lowest BCUT2D eigenvalue weighted by atomic mass is 9.63. The molecule has 1 nitrogen and oxygen atoms in total. The molecule has 0 aromatic heterocycles. The number of ether oxygens (including phenoxy) is 1. The number of allylic oxidation sites excluding steroid dienone is 5. The molecule has 0 radical (unpaired) electrons. The fourth-order valence-electron chi connectivity index (χ4n) is 6.00. The zero-order valence-corrected chi connectivity index (χ0v) is 21.3. The van der Waals surface area contributed by atoms with Crippen molar-refractivity contribution in [1.29, 1.82) is 0 Å². The predicted octanol–water partition coefficient (Wildman–Crippen LogP) is 9.76. The van der Waals surface area contributed by atoms with Crippen LogP contribution in [0, 0.1) is 17.8 Å². The minimum Gasteiger partial charge on any atom is -0.486 e. The highest BCUT2D eigenvalue weighted by molar-refractivity contribution is 5.26. The molecule has 1 aromatic carbocycles. The maximum absolute atomic E-state index is 14.0. The van der Waals surface area contributed by atoms with E-state index in [1.165, 1.54) is 56.9 Å². The first kappa shape index (κ1) is 26.7. The molecular formula is C31H44F2O. The Hall–Kier alpha value is -1.90. The lowest BCUT2D eigenvalue weighted by molar-refractivity contribution is 0.114. The first-order chi connectivity index (χ1) is 16.6. The number of halogens is 2. The van der Waals surface area contributed by atoms with Crippen LogP contribution in [0.2, 0.25) is 0 Å². The van der Waals surface area contributed by atoms with Gasteiger partial charge in [0.05, 0.1) is 0 Å². The molecule has 0 spiro atoms. The number of alkyl halides is 1. The summed E-state index contributed by atoms with van der Waals surface area (Å²) in [6, 6.07) is 8.62. The number of hydrogen-bond acceptors (Lipinski definition) is 1. The van der Waals surface area contributed by atoms with Gasteiger partial charge in [-0.25, -0.2) is 8.78 Å². The molecule has 188 valence electrons. The van der Waals surface area contributed by atoms with Gasteiger partial charge in [-0.2, -0.15) is 0 Å². The fraction of sp³-hybridized carbons (Fsp3) is 0.613. The van der Waals surface area contributed by atoms with Gasteiger partial charge in [-0.3, -0.25) is 0 Å². The highest BCUT2D eigenvalue weighted by atomic mass is 19.2. The highest BCUT2D eigenvalue weighted by Crippen LogP contribution is 2.48. The van der Waals surface area contributed by atoms with Gasteiger partial charge in [0.25, 0.3) is 0 Å². The van der Waals surface area contributed by atoms with E-state index in [2.05, 4.69) is 37.3 Å². The summed E-state index contributed by atoms with van der Waals surface area (Å²) in [5.41, 5.74) is 2.41. The fourth-order valence-corrected chi connectivity index (χ4v) is 6.00. The minimum absolute atomic E-state index is 0.00890. The lowest BCUT2D eigenvalue weighted by Gasteiger charge is -2.42. The van der Waals surface area contributed by atoms with E-state index in [0.717, 1.165) is 42.6 Å². The molecule has 2 aliphatic rings. The van der Waals surface area contributed by atoms with Gasteiger partial charge in [0.2, 0.25) is 0 Å². The number of rotatable bonds is 12. The van der Waals surface area contributed by atoms with E-state index in [4.69, 9.17) is 4.74 Å². The van der Waals surface area contributed by atoms with Crippen LogP contribution in [0.25, 0.3) is 0 Å². The molecule has 0 heterocycles. The summed E-state index contributed by atoms with van der Waals surface area (Å²) in [6.45, 7) is 3.42. The van der Waals surface area contributed by atoms with E-state index in [0.29, 0.717) is 5.92 Å². The number of benzene rings is 1. The Bertz CT molecular complexity index is 807. The van der Waals surface area contributed by atoms with E-state index < -0.39 is 12.5 Å². The third-order valence-electron chi connectivity index (χ3n) is 7.90. The lowest BCUT2D eigenvalue weighted by Crippen LogP contribution is -2.30. The molecule has 0 bridgehead atoms. The predicted molar refractivity (Wildman–Crippen MR) is 139 cm³/mol. The van der Waals surface area contributed by atoms with E-state index in [1.54, 1.807) is 6.08 Å². The van der Waals surface area contributed by atoms with Gasteiger partial charge in [0.15, 0.2) is 11.6 Å². The monoisotopic (exact) mass is 470 g/mol. The van der Waals surface area contributed by atoms with Crippen LogP contribution in [0.3, 0.4) is 0 Å². The normalized spacial score (nSPS) is 26.0. The molecular weight excluding hydrogens is 426 g/mol. The summed E-state index contributed by atoms with van der Waals surface area (Å²) in [5.74, 6) is 2.64. The Kier molecular flexibility index (Phi) is 11.4. The van der Waals surface area contributed by atoms with Crippen LogP contribution in [0.5, 0.6) is 0 Å². The van der Waals surface area contributed by atoms with E-state index in [9.17, 15) is 8.78 Å². The van der Waals surface area contributed by atoms with Crippen LogP contribution < -0.4 is 0 Å². The van der Waals surface area contributed by atoms with Crippen LogP contribution >= 0.6 is 0 Å². The van der Waals surface area contributed by atoms with Crippen molar-refractivity contribution in [3.63, 3.8) is 0 Å². The van der Waals surface area contributed by atoms with Gasteiger partial charge in [0.1, 0.15) is 13.3 Å². The standard InChI is InChI=1S/C31H44F2O/c1-3-5-6-7-8-9-11-31(30(33)22-32)34-23-25-13-15-26(16-14-25)28-19-18-27-20-24(10-4-2)12-17-29(27)21-28/h3,5,9,11,13-16,24,27-29H,4,6-8,10,12,17-23H2,1-2H3/b5-3+,11-9-,31-30-. The van der Waals surface area contributed by atoms with Gasteiger partial charge in [-0.15, -0.1) is 0 Å². The van der Waals surface area contributed by atoms with Crippen LogP contribution in [0.15, 0.2) is 60.2 Å². The molecule has 4 atom stereocenters. The molecule has 4 unspecified atom stereocenters. The third kappa shape index (κ3) is 8.10. The van der Waals surface area contributed by atoms with Crippen molar-refractivity contribution >= 4 is 0 Å². The molecule has 0 saturated heterocycles. The van der Waals surface area contributed by atoms with Crippen molar-refractivity contribution in [2.45, 2.75) is 97.0 Å². The molecule has 3 heteroatoms. The smallest absolute Gasteiger partial charge is 0.173 e. The quantitative estimate of drug-likeness (QED) is 0.128. The second kappa shape index (κ2) is 14.5. The SMILES string of the molecule is C/C=C/CCC/C=C\C(OCc1ccc(C2CCC3CC(CCC)CCC3C2)cc1)=C(\F)CF. The van der Waals surface area contributed by atoms with Crippen LogP contribution in [-0.2, 0) is 11.3 Å². The second-order valence-electron chi connectivity index (χ2n) is 10.3. The van der Waals surface area contributed by atoms with Crippen molar-refractivity contribution in [1.82, 2.24) is 0 Å². The van der Waals surface area contributed by atoms with Crippen molar-refractivity contribution < 1.29 is 13.5 Å². The highest BCUT2D eigenvalue weighted by Gasteiger charge is 2.35. The summed E-state index contributed by atoms with van der Waals surface area (Å²) in [6.07, 6.45) is 21.4. The van der Waals surface area contributed by atoms with Gasteiger partial charge < -0.3 is 4.74 Å². The van der Waals surface area contributed by atoms with Crippen LogP contribution in [0.1, 0.15) is 102 Å². The molecule has 3 rings (SSSR count). The van der Waals surface area contributed by atoms with E-state index in [-0.39, 0.29) is 12.4 Å². The van der Waals surface area contributed by atoms with Gasteiger partial charge in [-0.05, 0) is 99.2 Å². The zero-order valence-electron chi connectivity index (χ0n) is 21.3. The minimum atomic E-state index is -1.14. The Morgan fingerprint density at radius 2 is 1.74 bits per heavy atom. The molecule has 0 amide bonds. The van der Waals surface area contributed by atoms with E-state index >= 15 is 0 Å². The van der Waals surface area contributed by atoms with Crippen molar-refractivity contribution in [2.24, 2.45) is 17.8 Å². The molecule has 2 saturated carbocycles. The Morgan fingerprint density at radius 1 is 1.00 bits per heavy atom. The molecule has 1 aromatic rings. The summed E-state index contributed by atoms with van der Waals surface area (Å²) in [4.78, 5) is 0. The van der Waals surface area contributed by atoms with E-state index in [1.807, 2.05) is 19.1 Å². The molecule has 2 aliphatic carbocycles. The number of fused-ring (bicyclic) bond motifs is 1. The number of unbranched alkanes of at least 4 members (excludes halogenated alkanes) is 2.